The first-order chi connectivity index (χ1) is 15.8. The van der Waals surface area contributed by atoms with Crippen LogP contribution < -0.4 is 16.0 Å². The minimum absolute atomic E-state index is 0.0335. The van der Waals surface area contributed by atoms with Crippen LogP contribution >= 0.6 is 0 Å². The summed E-state index contributed by atoms with van der Waals surface area (Å²) < 4.78 is 38.1. The molecule has 3 aromatic carbocycles. The molecule has 0 aliphatic carbocycles. The van der Waals surface area contributed by atoms with Gasteiger partial charge >= 0.3 is 12.2 Å². The van der Waals surface area contributed by atoms with Gasteiger partial charge in [-0.1, -0.05) is 12.1 Å². The molecule has 1 aliphatic rings. The fraction of sp³-hybridized carbons (Fsp3) is 0.0833. The highest BCUT2D eigenvalue weighted by Gasteiger charge is 2.30. The lowest BCUT2D eigenvalue weighted by molar-refractivity contribution is -0.137. The molecule has 0 radical (unpaired) electrons. The van der Waals surface area contributed by atoms with E-state index in [4.69, 9.17) is 0 Å². The average Bonchev–Trinajstić information content (AvgIpc) is 3.34. The predicted octanol–water partition coefficient (Wildman–Crippen LogP) is 5.99. The Bertz CT molecular complexity index is 1390. The number of benzene rings is 3. The number of fused-ring (bicyclic) bond motifs is 2. The Labute approximate surface area is 185 Å². The quantitative estimate of drug-likeness (QED) is 0.309. The predicted molar refractivity (Wildman–Crippen MR) is 120 cm³/mol. The summed E-state index contributed by atoms with van der Waals surface area (Å²) in [5.74, 6) is -0.0335. The summed E-state index contributed by atoms with van der Waals surface area (Å²) in [7, 11) is 0. The Morgan fingerprint density at radius 1 is 0.909 bits per heavy atom. The van der Waals surface area contributed by atoms with Crippen LogP contribution in [0.5, 0.6) is 0 Å². The van der Waals surface area contributed by atoms with E-state index in [0.717, 1.165) is 45.4 Å². The van der Waals surface area contributed by atoms with Gasteiger partial charge in [0.2, 0.25) is 5.91 Å². The second-order valence-electron chi connectivity index (χ2n) is 7.71. The van der Waals surface area contributed by atoms with Crippen LogP contribution in [0.1, 0.15) is 11.1 Å². The number of rotatable bonds is 3. The molecule has 0 saturated heterocycles. The maximum Gasteiger partial charge on any atom is 0.416 e. The largest absolute Gasteiger partial charge is 0.416 e. The summed E-state index contributed by atoms with van der Waals surface area (Å²) in [6, 6.07) is 15.1. The van der Waals surface area contributed by atoms with Gasteiger partial charge in [-0.3, -0.25) is 4.79 Å². The second-order valence-corrected chi connectivity index (χ2v) is 7.71. The number of hydrogen-bond donors (Lipinski definition) is 4. The minimum atomic E-state index is -4.44. The van der Waals surface area contributed by atoms with E-state index in [-0.39, 0.29) is 11.6 Å². The Hall–Kier alpha value is -4.27. The number of halogens is 3. The maximum absolute atomic E-state index is 12.7. The molecular formula is C24H17F3N4O2. The van der Waals surface area contributed by atoms with Crippen molar-refractivity contribution >= 4 is 39.9 Å². The molecule has 0 atom stereocenters. The van der Waals surface area contributed by atoms with E-state index in [1.165, 1.54) is 12.1 Å². The molecule has 0 bridgehead atoms. The molecule has 5 rings (SSSR count). The molecule has 33 heavy (non-hydrogen) atoms. The van der Waals surface area contributed by atoms with Crippen molar-refractivity contribution in [3.05, 3.63) is 78.0 Å². The number of amides is 3. The Morgan fingerprint density at radius 2 is 1.64 bits per heavy atom. The maximum atomic E-state index is 12.7. The van der Waals surface area contributed by atoms with Gasteiger partial charge in [0.15, 0.2) is 0 Å². The Balaban J connectivity index is 1.35. The molecule has 9 heteroatoms. The van der Waals surface area contributed by atoms with Gasteiger partial charge in [0.25, 0.3) is 0 Å². The number of aromatic nitrogens is 1. The van der Waals surface area contributed by atoms with Crippen LogP contribution in [0.4, 0.5) is 35.0 Å². The van der Waals surface area contributed by atoms with Crippen LogP contribution in [0.15, 0.2) is 66.9 Å². The van der Waals surface area contributed by atoms with Crippen molar-refractivity contribution in [1.29, 1.82) is 0 Å². The van der Waals surface area contributed by atoms with Gasteiger partial charge in [-0.15, -0.1) is 0 Å². The zero-order valence-electron chi connectivity index (χ0n) is 17.0. The summed E-state index contributed by atoms with van der Waals surface area (Å²) in [5, 5.41) is 8.84. The van der Waals surface area contributed by atoms with Gasteiger partial charge in [-0.2, -0.15) is 13.2 Å². The van der Waals surface area contributed by atoms with Gasteiger partial charge in [-0.05, 0) is 65.2 Å². The topological polar surface area (TPSA) is 86.0 Å². The minimum Gasteiger partial charge on any atom is -0.359 e. The van der Waals surface area contributed by atoms with E-state index in [2.05, 4.69) is 20.9 Å². The van der Waals surface area contributed by atoms with E-state index in [9.17, 15) is 22.8 Å². The average molecular weight is 450 g/mol. The summed E-state index contributed by atoms with van der Waals surface area (Å²) >= 11 is 0. The zero-order valence-corrected chi connectivity index (χ0v) is 17.0. The molecule has 4 N–H and O–H groups in total. The van der Waals surface area contributed by atoms with E-state index in [0.29, 0.717) is 12.1 Å². The molecule has 0 saturated carbocycles. The summed E-state index contributed by atoms with van der Waals surface area (Å²) in [6.07, 6.45) is -2.45. The molecule has 6 nitrogen and oxygen atoms in total. The lowest BCUT2D eigenvalue weighted by Crippen LogP contribution is -2.19. The molecule has 4 aromatic rings. The second kappa shape index (κ2) is 7.70. The van der Waals surface area contributed by atoms with E-state index in [1.807, 2.05) is 36.4 Å². The van der Waals surface area contributed by atoms with Crippen LogP contribution in [-0.2, 0) is 17.4 Å². The highest BCUT2D eigenvalue weighted by atomic mass is 19.4. The Morgan fingerprint density at radius 3 is 2.39 bits per heavy atom. The Kier molecular flexibility index (Phi) is 4.81. The third kappa shape index (κ3) is 4.12. The molecule has 2 heterocycles. The first kappa shape index (κ1) is 20.6. The lowest BCUT2D eigenvalue weighted by Gasteiger charge is -2.10. The number of carbonyl (C=O) groups is 2. The van der Waals surface area contributed by atoms with Gasteiger partial charge < -0.3 is 20.9 Å². The zero-order chi connectivity index (χ0) is 23.2. The van der Waals surface area contributed by atoms with Crippen LogP contribution in [0, 0.1) is 0 Å². The molecule has 0 spiro atoms. The lowest BCUT2D eigenvalue weighted by atomic mass is 10.0. The van der Waals surface area contributed by atoms with Crippen molar-refractivity contribution < 1.29 is 22.8 Å². The normalized spacial score (nSPS) is 13.0. The van der Waals surface area contributed by atoms with Gasteiger partial charge in [-0.25, -0.2) is 4.79 Å². The summed E-state index contributed by atoms with van der Waals surface area (Å²) in [6.45, 7) is 0. The third-order valence-electron chi connectivity index (χ3n) is 5.46. The number of carbonyl (C=O) groups excluding carboxylic acids is 2. The summed E-state index contributed by atoms with van der Waals surface area (Å²) in [4.78, 5) is 27.1. The van der Waals surface area contributed by atoms with Crippen molar-refractivity contribution in [3.8, 4) is 11.1 Å². The molecule has 3 amide bonds. The van der Waals surface area contributed by atoms with Crippen molar-refractivity contribution in [2.75, 3.05) is 16.0 Å². The SMILES string of the molecule is O=C1Cc2cc(-c3ccc4[nH]cc(NC(=O)Nc5ccc(C(F)(F)F)cc5)c4c3)ccc2N1. The molecule has 0 fully saturated rings. The number of hydrogen-bond acceptors (Lipinski definition) is 2. The van der Waals surface area contributed by atoms with E-state index in [1.54, 1.807) is 6.20 Å². The van der Waals surface area contributed by atoms with Gasteiger partial charge in [0.1, 0.15) is 0 Å². The standard InChI is InChI=1S/C24H17F3N4O2/c25-24(26,27)16-3-5-17(6-4-16)29-23(33)31-21-12-28-20-8-2-14(10-18(20)21)13-1-7-19-15(9-13)11-22(32)30-19/h1-10,12,28H,11H2,(H,30,32)(H2,29,31,33). The number of H-pyrrole nitrogens is 1. The number of aromatic amines is 1. The number of urea groups is 1. The van der Waals surface area contributed by atoms with Crippen molar-refractivity contribution in [2.45, 2.75) is 12.6 Å². The van der Waals surface area contributed by atoms with Gasteiger partial charge in [0.05, 0.1) is 17.7 Å². The number of anilines is 3. The molecule has 0 unspecified atom stereocenters. The molecule has 166 valence electrons. The van der Waals surface area contributed by atoms with Gasteiger partial charge in [0, 0.05) is 28.5 Å². The van der Waals surface area contributed by atoms with Crippen LogP contribution in [-0.4, -0.2) is 16.9 Å². The summed E-state index contributed by atoms with van der Waals surface area (Å²) in [5.41, 5.74) is 4.38. The van der Waals surface area contributed by atoms with Crippen LogP contribution in [0.3, 0.4) is 0 Å². The highest BCUT2D eigenvalue weighted by molar-refractivity contribution is 6.07. The van der Waals surface area contributed by atoms with Crippen LogP contribution in [0.2, 0.25) is 0 Å². The van der Waals surface area contributed by atoms with Crippen molar-refractivity contribution in [3.63, 3.8) is 0 Å². The van der Waals surface area contributed by atoms with E-state index >= 15 is 0 Å². The number of alkyl halides is 3. The van der Waals surface area contributed by atoms with Crippen LogP contribution in [0.25, 0.3) is 22.0 Å². The van der Waals surface area contributed by atoms with Crippen molar-refractivity contribution in [2.24, 2.45) is 0 Å². The molecular weight excluding hydrogens is 433 g/mol. The molecule has 1 aliphatic heterocycles. The first-order valence-electron chi connectivity index (χ1n) is 10.1. The molecule has 1 aromatic heterocycles. The van der Waals surface area contributed by atoms with E-state index < -0.39 is 17.8 Å². The third-order valence-corrected chi connectivity index (χ3v) is 5.46. The monoisotopic (exact) mass is 450 g/mol. The first-order valence-corrected chi connectivity index (χ1v) is 10.1. The fourth-order valence-corrected chi connectivity index (χ4v) is 3.84. The fourth-order valence-electron chi connectivity index (χ4n) is 3.84. The number of nitrogens with one attached hydrogen (secondary N) is 4. The smallest absolute Gasteiger partial charge is 0.359 e. The highest BCUT2D eigenvalue weighted by Crippen LogP contribution is 2.33. The van der Waals surface area contributed by atoms with Crippen molar-refractivity contribution in [1.82, 2.24) is 4.98 Å².